The smallest absolute Gasteiger partial charge is 0.423 e. The Morgan fingerprint density at radius 2 is 2.12 bits per heavy atom. The molecule has 16 heavy (non-hydrogen) atoms. The third kappa shape index (κ3) is 2.02. The zero-order valence-corrected chi connectivity index (χ0v) is 10.1. The molecule has 0 radical (unpaired) electrons. The number of pyridine rings is 1. The first-order valence-electron chi connectivity index (χ1n) is 4.61. The van der Waals surface area contributed by atoms with E-state index in [4.69, 9.17) is 10.0 Å². The van der Waals surface area contributed by atoms with Crippen molar-refractivity contribution in [1.29, 1.82) is 0 Å². The van der Waals surface area contributed by atoms with Crippen LogP contribution in [0.25, 0.3) is 5.82 Å². The molecule has 0 aliphatic heterocycles. The Hall–Kier alpha value is -1.18. The van der Waals surface area contributed by atoms with Crippen LogP contribution in [0.1, 0.15) is 5.82 Å². The molecule has 2 aromatic heterocycles. The van der Waals surface area contributed by atoms with Gasteiger partial charge in [0.2, 0.25) is 0 Å². The molecule has 0 amide bonds. The average molecular weight is 282 g/mol. The molecule has 2 N–H and O–H groups in total. The summed E-state index contributed by atoms with van der Waals surface area (Å²) < 4.78 is 2.48. The van der Waals surface area contributed by atoms with Crippen molar-refractivity contribution in [2.24, 2.45) is 0 Å². The van der Waals surface area contributed by atoms with Crippen molar-refractivity contribution < 1.29 is 10.0 Å². The van der Waals surface area contributed by atoms with Crippen LogP contribution in [0, 0.1) is 6.92 Å². The van der Waals surface area contributed by atoms with Crippen LogP contribution in [-0.2, 0) is 0 Å². The lowest BCUT2D eigenvalue weighted by molar-refractivity contribution is 0.425. The standard InChI is InChI=1S/C9H9BBrN3O2/c1-6-12-2-3-14(6)9-8(11)4-7(5-13-9)10(15)16/h2-5,15-16H,1H3. The molecule has 2 heterocycles. The Kier molecular flexibility index (Phi) is 3.09. The number of hydrogen-bond acceptors (Lipinski definition) is 4. The molecule has 2 rings (SSSR count). The van der Waals surface area contributed by atoms with E-state index in [0.29, 0.717) is 15.8 Å². The summed E-state index contributed by atoms with van der Waals surface area (Å²) in [4.78, 5) is 8.25. The summed E-state index contributed by atoms with van der Waals surface area (Å²) in [6.07, 6.45) is 4.89. The van der Waals surface area contributed by atoms with Crippen LogP contribution in [0.5, 0.6) is 0 Å². The Morgan fingerprint density at radius 1 is 1.38 bits per heavy atom. The van der Waals surface area contributed by atoms with Gasteiger partial charge < -0.3 is 10.0 Å². The van der Waals surface area contributed by atoms with E-state index < -0.39 is 7.12 Å². The zero-order valence-electron chi connectivity index (χ0n) is 8.50. The van der Waals surface area contributed by atoms with Gasteiger partial charge >= 0.3 is 7.12 Å². The van der Waals surface area contributed by atoms with E-state index in [1.54, 1.807) is 23.0 Å². The SMILES string of the molecule is Cc1nccn1-c1ncc(B(O)O)cc1Br. The predicted octanol–water partition coefficient (Wildman–Crippen LogP) is 0.0180. The van der Waals surface area contributed by atoms with Crippen LogP contribution in [0.4, 0.5) is 0 Å². The fourth-order valence-corrected chi connectivity index (χ4v) is 1.92. The summed E-state index contributed by atoms with van der Waals surface area (Å²) in [5.41, 5.74) is 0.341. The summed E-state index contributed by atoms with van der Waals surface area (Å²) in [6, 6.07) is 1.62. The molecule has 0 spiro atoms. The van der Waals surface area contributed by atoms with Gasteiger partial charge in [0.25, 0.3) is 0 Å². The molecule has 0 aliphatic rings. The van der Waals surface area contributed by atoms with Gasteiger partial charge in [-0.05, 0) is 28.9 Å². The lowest BCUT2D eigenvalue weighted by atomic mass is 9.82. The molecule has 0 unspecified atom stereocenters. The minimum atomic E-state index is -1.51. The van der Waals surface area contributed by atoms with Crippen molar-refractivity contribution >= 4 is 28.5 Å². The number of nitrogens with zero attached hydrogens (tertiary/aromatic N) is 3. The molecule has 0 saturated heterocycles. The highest BCUT2D eigenvalue weighted by Gasteiger charge is 2.14. The second kappa shape index (κ2) is 4.36. The lowest BCUT2D eigenvalue weighted by Crippen LogP contribution is -2.30. The van der Waals surface area contributed by atoms with E-state index >= 15 is 0 Å². The summed E-state index contributed by atoms with van der Waals surface area (Å²) in [5, 5.41) is 18.0. The summed E-state index contributed by atoms with van der Waals surface area (Å²) in [7, 11) is -1.51. The van der Waals surface area contributed by atoms with E-state index in [0.717, 1.165) is 5.82 Å². The second-order valence-electron chi connectivity index (χ2n) is 3.29. The van der Waals surface area contributed by atoms with Gasteiger partial charge in [-0.1, -0.05) is 0 Å². The van der Waals surface area contributed by atoms with E-state index in [1.807, 2.05) is 6.92 Å². The molecule has 0 aromatic carbocycles. The normalized spacial score (nSPS) is 10.5. The van der Waals surface area contributed by atoms with E-state index in [-0.39, 0.29) is 0 Å². The number of hydrogen-bond donors (Lipinski definition) is 2. The molecule has 0 bridgehead atoms. The molecule has 0 aliphatic carbocycles. The van der Waals surface area contributed by atoms with E-state index in [1.165, 1.54) is 6.20 Å². The zero-order chi connectivity index (χ0) is 11.7. The van der Waals surface area contributed by atoms with Crippen molar-refractivity contribution in [3.8, 4) is 5.82 Å². The number of aryl methyl sites for hydroxylation is 1. The summed E-state index contributed by atoms with van der Waals surface area (Å²) >= 11 is 3.34. The predicted molar refractivity (Wildman–Crippen MR) is 63.6 cm³/mol. The van der Waals surface area contributed by atoms with Gasteiger partial charge in [0.15, 0.2) is 5.82 Å². The second-order valence-corrected chi connectivity index (χ2v) is 4.15. The van der Waals surface area contributed by atoms with Gasteiger partial charge in [-0.15, -0.1) is 0 Å². The van der Waals surface area contributed by atoms with Gasteiger partial charge in [0, 0.05) is 24.1 Å². The molecule has 7 heteroatoms. The first-order chi connectivity index (χ1) is 7.59. The summed E-state index contributed by atoms with van der Waals surface area (Å²) in [5.74, 6) is 1.48. The molecule has 5 nitrogen and oxygen atoms in total. The summed E-state index contributed by atoms with van der Waals surface area (Å²) in [6.45, 7) is 1.86. The molecule has 0 fully saturated rings. The highest BCUT2D eigenvalue weighted by Crippen LogP contribution is 2.18. The molecule has 82 valence electrons. The van der Waals surface area contributed by atoms with Gasteiger partial charge in [-0.3, -0.25) is 4.57 Å². The number of imidazole rings is 1. The third-order valence-corrected chi connectivity index (χ3v) is 2.78. The monoisotopic (exact) mass is 281 g/mol. The van der Waals surface area contributed by atoms with Crippen molar-refractivity contribution in [3.63, 3.8) is 0 Å². The molecule has 0 atom stereocenters. The fourth-order valence-electron chi connectivity index (χ4n) is 1.37. The van der Waals surface area contributed by atoms with Crippen LogP contribution < -0.4 is 5.46 Å². The van der Waals surface area contributed by atoms with Gasteiger partial charge in [-0.25, -0.2) is 9.97 Å². The minimum absolute atomic E-state index is 0.341. The van der Waals surface area contributed by atoms with Crippen LogP contribution in [0.2, 0.25) is 0 Å². The highest BCUT2D eigenvalue weighted by atomic mass is 79.9. The molecular weight excluding hydrogens is 273 g/mol. The Balaban J connectivity index is 2.48. The maximum absolute atomic E-state index is 9.00. The highest BCUT2D eigenvalue weighted by molar-refractivity contribution is 9.10. The van der Waals surface area contributed by atoms with Crippen molar-refractivity contribution in [1.82, 2.24) is 14.5 Å². The van der Waals surface area contributed by atoms with Crippen LogP contribution >= 0.6 is 15.9 Å². The Bertz CT molecular complexity index is 515. The maximum Gasteiger partial charge on any atom is 0.490 e. The van der Waals surface area contributed by atoms with Gasteiger partial charge in [0.1, 0.15) is 5.82 Å². The van der Waals surface area contributed by atoms with Crippen molar-refractivity contribution in [2.75, 3.05) is 0 Å². The topological polar surface area (TPSA) is 71.2 Å². The van der Waals surface area contributed by atoms with Crippen LogP contribution in [0.15, 0.2) is 29.1 Å². The molecule has 2 aromatic rings. The number of aromatic nitrogens is 3. The number of rotatable bonds is 2. The molecular formula is C9H9BBrN3O2. The van der Waals surface area contributed by atoms with Gasteiger partial charge in [-0.2, -0.15) is 0 Å². The average Bonchev–Trinajstić information content (AvgIpc) is 2.64. The number of halogens is 1. The van der Waals surface area contributed by atoms with Gasteiger partial charge in [0.05, 0.1) is 4.47 Å². The lowest BCUT2D eigenvalue weighted by Gasteiger charge is -2.08. The van der Waals surface area contributed by atoms with Crippen LogP contribution in [0.3, 0.4) is 0 Å². The molecule has 0 saturated carbocycles. The van der Waals surface area contributed by atoms with Crippen molar-refractivity contribution in [2.45, 2.75) is 6.92 Å². The minimum Gasteiger partial charge on any atom is -0.423 e. The third-order valence-electron chi connectivity index (χ3n) is 2.19. The van der Waals surface area contributed by atoms with Crippen LogP contribution in [-0.4, -0.2) is 31.7 Å². The Morgan fingerprint density at radius 3 is 2.62 bits per heavy atom. The Labute approximate surface area is 101 Å². The van der Waals surface area contributed by atoms with E-state index in [9.17, 15) is 0 Å². The van der Waals surface area contributed by atoms with E-state index in [2.05, 4.69) is 25.9 Å². The fraction of sp³-hybridized carbons (Fsp3) is 0.111. The quantitative estimate of drug-likeness (QED) is 0.762. The first-order valence-corrected chi connectivity index (χ1v) is 5.41. The largest absolute Gasteiger partial charge is 0.490 e. The maximum atomic E-state index is 9.00. The first kappa shape index (κ1) is 11.3. The van der Waals surface area contributed by atoms with Crippen molar-refractivity contribution in [3.05, 3.63) is 35.0 Å².